The fourth-order valence-electron chi connectivity index (χ4n) is 0.998. The van der Waals surface area contributed by atoms with Crippen LogP contribution in [0.1, 0.15) is 17.7 Å². The first-order valence-corrected chi connectivity index (χ1v) is 4.94. The molecule has 0 N–H and O–H groups in total. The number of ether oxygens (including phenoxy) is 1. The lowest BCUT2D eigenvalue weighted by molar-refractivity contribution is -0.139. The fourth-order valence-corrected chi connectivity index (χ4v) is 1.50. The summed E-state index contributed by atoms with van der Waals surface area (Å²) in [6.07, 6.45) is -2.40. The van der Waals surface area contributed by atoms with Gasteiger partial charge in [0.25, 0.3) is 6.43 Å². The monoisotopic (exact) mass is 297 g/mol. The molecule has 0 saturated heterocycles. The van der Waals surface area contributed by atoms with Crippen molar-refractivity contribution in [1.29, 1.82) is 0 Å². The predicted octanol–water partition coefficient (Wildman–Crippen LogP) is 2.64. The van der Waals surface area contributed by atoms with E-state index in [1.807, 2.05) is 0 Å². The molecular formula is C9H7BrF3NO2. The van der Waals surface area contributed by atoms with Crippen molar-refractivity contribution in [2.24, 2.45) is 0 Å². The molecule has 1 aromatic heterocycles. The number of nitrogens with zero attached hydrogens (tertiary/aromatic N) is 1. The molecule has 0 radical (unpaired) electrons. The Kier molecular flexibility index (Phi) is 4.28. The lowest BCUT2D eigenvalue weighted by Gasteiger charge is -2.07. The maximum absolute atomic E-state index is 13.5. The Morgan fingerprint density at radius 2 is 2.25 bits per heavy atom. The number of rotatable bonds is 3. The van der Waals surface area contributed by atoms with Gasteiger partial charge < -0.3 is 4.74 Å². The molecule has 7 heteroatoms. The van der Waals surface area contributed by atoms with Gasteiger partial charge in [-0.1, -0.05) is 0 Å². The number of carbonyl (C=O) groups is 1. The number of hydrogen-bond acceptors (Lipinski definition) is 3. The van der Waals surface area contributed by atoms with Gasteiger partial charge in [-0.3, -0.25) is 9.78 Å². The summed E-state index contributed by atoms with van der Waals surface area (Å²) in [5, 5.41) is 0. The molecule has 3 nitrogen and oxygen atoms in total. The third-order valence-corrected chi connectivity index (χ3v) is 2.64. The molecule has 0 atom stereocenters. The number of hydrogen-bond donors (Lipinski definition) is 0. The smallest absolute Gasteiger partial charge is 0.311 e. The molecule has 1 heterocycles. The fraction of sp³-hybridized carbons (Fsp3) is 0.333. The van der Waals surface area contributed by atoms with Crippen LogP contribution in [0.15, 0.2) is 10.7 Å². The summed E-state index contributed by atoms with van der Waals surface area (Å²) >= 11 is 2.70. The Morgan fingerprint density at radius 1 is 1.62 bits per heavy atom. The summed E-state index contributed by atoms with van der Waals surface area (Å²) in [4.78, 5) is 14.3. The summed E-state index contributed by atoms with van der Waals surface area (Å²) in [5.41, 5.74) is -0.783. The Balaban J connectivity index is 3.07. The molecule has 0 spiro atoms. The molecule has 16 heavy (non-hydrogen) atoms. The van der Waals surface area contributed by atoms with E-state index in [0.29, 0.717) is 0 Å². The summed E-state index contributed by atoms with van der Waals surface area (Å²) in [7, 11) is 1.14. The van der Waals surface area contributed by atoms with Crippen LogP contribution in [-0.4, -0.2) is 18.1 Å². The van der Waals surface area contributed by atoms with E-state index >= 15 is 0 Å². The Labute approximate surface area is 97.8 Å². The number of carbonyl (C=O) groups excluding carboxylic acids is 1. The average molecular weight is 298 g/mol. The zero-order valence-electron chi connectivity index (χ0n) is 8.14. The quantitative estimate of drug-likeness (QED) is 0.805. The highest BCUT2D eigenvalue weighted by molar-refractivity contribution is 9.10. The van der Waals surface area contributed by atoms with E-state index in [-0.39, 0.29) is 10.2 Å². The van der Waals surface area contributed by atoms with Crippen LogP contribution in [0.5, 0.6) is 0 Å². The zero-order valence-corrected chi connectivity index (χ0v) is 9.72. The van der Waals surface area contributed by atoms with Crippen LogP contribution >= 0.6 is 15.9 Å². The Bertz CT molecular complexity index is 412. The van der Waals surface area contributed by atoms with Gasteiger partial charge in [0.2, 0.25) is 0 Å². The van der Waals surface area contributed by atoms with Crippen molar-refractivity contribution >= 4 is 21.9 Å². The number of esters is 1. The number of alkyl halides is 2. The van der Waals surface area contributed by atoms with Crippen molar-refractivity contribution < 1.29 is 22.7 Å². The highest BCUT2D eigenvalue weighted by atomic mass is 79.9. The van der Waals surface area contributed by atoms with E-state index in [0.717, 1.165) is 13.3 Å². The molecule has 1 aromatic rings. The molecule has 0 aliphatic heterocycles. The molecule has 0 bridgehead atoms. The van der Waals surface area contributed by atoms with E-state index < -0.39 is 30.2 Å². The van der Waals surface area contributed by atoms with E-state index in [1.54, 1.807) is 0 Å². The lowest BCUT2D eigenvalue weighted by atomic mass is 10.2. The molecule has 0 aliphatic carbocycles. The molecule has 0 saturated carbocycles. The summed E-state index contributed by atoms with van der Waals surface area (Å²) < 4.78 is 42.1. The number of aromatic nitrogens is 1. The van der Waals surface area contributed by atoms with Crippen molar-refractivity contribution in [3.8, 4) is 0 Å². The van der Waals surface area contributed by atoms with E-state index in [4.69, 9.17) is 0 Å². The van der Waals surface area contributed by atoms with Gasteiger partial charge in [-0.05, 0) is 15.9 Å². The van der Waals surface area contributed by atoms with Crippen LogP contribution in [0, 0.1) is 5.82 Å². The van der Waals surface area contributed by atoms with Gasteiger partial charge in [0.15, 0.2) is 5.82 Å². The van der Waals surface area contributed by atoms with Gasteiger partial charge in [-0.25, -0.2) is 13.2 Å². The van der Waals surface area contributed by atoms with Gasteiger partial charge in [0.1, 0.15) is 0 Å². The predicted molar refractivity (Wildman–Crippen MR) is 52.6 cm³/mol. The van der Waals surface area contributed by atoms with E-state index in [9.17, 15) is 18.0 Å². The van der Waals surface area contributed by atoms with Crippen molar-refractivity contribution in [2.45, 2.75) is 12.8 Å². The van der Waals surface area contributed by atoms with Crippen LogP contribution in [0.25, 0.3) is 0 Å². The third kappa shape index (κ3) is 2.72. The molecule has 0 unspecified atom stereocenters. The lowest BCUT2D eigenvalue weighted by Crippen LogP contribution is -2.09. The van der Waals surface area contributed by atoms with E-state index in [2.05, 4.69) is 25.7 Å². The maximum atomic E-state index is 13.5. The van der Waals surface area contributed by atoms with Crippen molar-refractivity contribution in [3.63, 3.8) is 0 Å². The second-order valence-corrected chi connectivity index (χ2v) is 3.63. The number of methoxy groups -OCH3 is 1. The first-order valence-electron chi connectivity index (χ1n) is 4.15. The summed E-state index contributed by atoms with van der Waals surface area (Å²) in [6.45, 7) is 0. The van der Waals surface area contributed by atoms with Crippen LogP contribution in [0.4, 0.5) is 13.2 Å². The Hall–Kier alpha value is -1.11. The molecule has 88 valence electrons. The van der Waals surface area contributed by atoms with Crippen molar-refractivity contribution in [3.05, 3.63) is 27.7 Å². The van der Waals surface area contributed by atoms with Crippen LogP contribution in [0.2, 0.25) is 0 Å². The van der Waals surface area contributed by atoms with Crippen molar-refractivity contribution in [2.75, 3.05) is 7.11 Å². The number of pyridine rings is 1. The van der Waals surface area contributed by atoms with Crippen LogP contribution < -0.4 is 0 Å². The minimum atomic E-state index is -2.83. The minimum Gasteiger partial charge on any atom is -0.469 e. The highest BCUT2D eigenvalue weighted by Gasteiger charge is 2.20. The summed E-state index contributed by atoms with van der Waals surface area (Å²) in [6, 6.07) is 0. The normalized spacial score (nSPS) is 10.6. The highest BCUT2D eigenvalue weighted by Crippen LogP contribution is 2.29. The first kappa shape index (κ1) is 13.0. The molecule has 0 fully saturated rings. The van der Waals surface area contributed by atoms with Crippen molar-refractivity contribution in [1.82, 2.24) is 4.98 Å². The van der Waals surface area contributed by atoms with Gasteiger partial charge in [-0.15, -0.1) is 0 Å². The molecular weight excluding hydrogens is 291 g/mol. The van der Waals surface area contributed by atoms with Gasteiger partial charge in [0, 0.05) is 6.20 Å². The average Bonchev–Trinajstić information content (AvgIpc) is 2.24. The second-order valence-electron chi connectivity index (χ2n) is 2.84. The first-order chi connectivity index (χ1) is 7.47. The van der Waals surface area contributed by atoms with Gasteiger partial charge >= 0.3 is 5.97 Å². The van der Waals surface area contributed by atoms with Crippen LogP contribution in [0.3, 0.4) is 0 Å². The molecule has 1 rings (SSSR count). The van der Waals surface area contributed by atoms with Gasteiger partial charge in [0.05, 0.1) is 29.3 Å². The Morgan fingerprint density at radius 3 is 2.75 bits per heavy atom. The maximum Gasteiger partial charge on any atom is 0.311 e. The summed E-state index contributed by atoms with van der Waals surface area (Å²) in [5.74, 6) is -1.66. The standard InChI is InChI=1S/C9H7BrF3NO2/c1-16-6(15)2-5-8(11)7(10)4(3-14-5)9(12)13/h3,9H,2H2,1H3. The SMILES string of the molecule is COC(=O)Cc1ncc(C(F)F)c(Br)c1F. The van der Waals surface area contributed by atoms with Crippen LogP contribution in [-0.2, 0) is 16.0 Å². The number of halogens is 4. The van der Waals surface area contributed by atoms with E-state index in [1.165, 1.54) is 0 Å². The molecule has 0 aliphatic rings. The molecule has 0 aromatic carbocycles. The van der Waals surface area contributed by atoms with Gasteiger partial charge in [-0.2, -0.15) is 0 Å². The third-order valence-electron chi connectivity index (χ3n) is 1.83. The zero-order chi connectivity index (χ0) is 12.3. The molecule has 0 amide bonds. The topological polar surface area (TPSA) is 39.2 Å². The second kappa shape index (κ2) is 5.29. The minimum absolute atomic E-state index is 0.233. The largest absolute Gasteiger partial charge is 0.469 e.